The number of carbonyl (C=O) groups excluding carboxylic acids is 2. The predicted octanol–water partition coefficient (Wildman–Crippen LogP) is 4.78. The van der Waals surface area contributed by atoms with Crippen LogP contribution in [0.25, 0.3) is 0 Å². The summed E-state index contributed by atoms with van der Waals surface area (Å²) in [6.07, 6.45) is 0.358. The van der Waals surface area contributed by atoms with Crippen LogP contribution in [-0.4, -0.2) is 16.8 Å². The Balaban J connectivity index is 1.71. The van der Waals surface area contributed by atoms with Gasteiger partial charge < -0.3 is 10.4 Å². The highest BCUT2D eigenvalue weighted by atomic mass is 35.5. The Hall–Kier alpha value is -2.95. The molecule has 0 aromatic heterocycles. The molecule has 0 radical (unpaired) electrons. The number of Topliss-reactive ketones (excluding diaryl/α,β-unsaturated/α-hetero) is 1. The van der Waals surface area contributed by atoms with Crippen molar-refractivity contribution in [1.82, 2.24) is 0 Å². The average Bonchev–Trinajstić information content (AvgIpc) is 3.03. The minimum Gasteiger partial charge on any atom is -0.384 e. The van der Waals surface area contributed by atoms with Gasteiger partial charge in [0.05, 0.1) is 11.6 Å². The summed E-state index contributed by atoms with van der Waals surface area (Å²) in [5, 5.41) is 15.6. The van der Waals surface area contributed by atoms with Gasteiger partial charge >= 0.3 is 0 Å². The first-order valence-corrected chi connectivity index (χ1v) is 10.4. The van der Waals surface area contributed by atoms with E-state index in [0.717, 1.165) is 5.56 Å². The molecule has 0 saturated heterocycles. The van der Waals surface area contributed by atoms with Crippen molar-refractivity contribution in [2.45, 2.75) is 17.9 Å². The molecule has 0 spiro atoms. The van der Waals surface area contributed by atoms with Gasteiger partial charge in [-0.2, -0.15) is 0 Å². The minimum absolute atomic E-state index is 0.118. The Morgan fingerprint density at radius 3 is 2.43 bits per heavy atom. The summed E-state index contributed by atoms with van der Waals surface area (Å²) in [6.45, 7) is 0. The molecule has 2 N–H and O–H groups in total. The Bertz CT molecular complexity index is 1150. The lowest BCUT2D eigenvalue weighted by molar-refractivity contribution is -0.130. The maximum atomic E-state index is 13.5. The summed E-state index contributed by atoms with van der Waals surface area (Å²) in [7, 11) is 0. The molecule has 4 nitrogen and oxygen atoms in total. The Morgan fingerprint density at radius 1 is 0.933 bits per heavy atom. The van der Waals surface area contributed by atoms with Crippen molar-refractivity contribution in [3.05, 3.63) is 101 Å². The molecule has 3 aromatic rings. The number of aliphatic hydroxyl groups is 1. The largest absolute Gasteiger partial charge is 0.384 e. The number of halogens is 1. The van der Waals surface area contributed by atoms with Crippen molar-refractivity contribution in [2.75, 3.05) is 5.32 Å². The van der Waals surface area contributed by atoms with E-state index in [4.69, 9.17) is 11.6 Å². The number of ketones is 1. The van der Waals surface area contributed by atoms with Gasteiger partial charge in [0.1, 0.15) is 5.60 Å². The molecule has 3 aromatic carbocycles. The van der Waals surface area contributed by atoms with E-state index >= 15 is 0 Å². The van der Waals surface area contributed by atoms with Gasteiger partial charge in [0.2, 0.25) is 5.91 Å². The van der Waals surface area contributed by atoms with Crippen LogP contribution in [0.3, 0.4) is 0 Å². The fraction of sp³-hybridized carbons (Fsp3) is 0.200. The van der Waals surface area contributed by atoms with E-state index in [1.807, 2.05) is 48.5 Å². The Morgan fingerprint density at radius 2 is 1.67 bits per heavy atom. The maximum absolute atomic E-state index is 13.5. The van der Waals surface area contributed by atoms with E-state index in [1.165, 1.54) is 0 Å². The minimum atomic E-state index is -1.54. The van der Waals surface area contributed by atoms with Crippen molar-refractivity contribution < 1.29 is 14.7 Å². The number of hydrogen-bond donors (Lipinski definition) is 2. The zero-order valence-electron chi connectivity index (χ0n) is 16.1. The van der Waals surface area contributed by atoms with E-state index in [1.54, 1.807) is 30.3 Å². The topological polar surface area (TPSA) is 66.4 Å². The lowest BCUT2D eigenvalue weighted by Crippen LogP contribution is -2.44. The zero-order chi connectivity index (χ0) is 20.9. The molecule has 4 atom stereocenters. The highest BCUT2D eigenvalue weighted by Gasteiger charge is 2.61. The predicted molar refractivity (Wildman–Crippen MR) is 116 cm³/mol. The number of para-hydroxylation sites is 1. The molecule has 1 aliphatic heterocycles. The number of hydrogen-bond acceptors (Lipinski definition) is 3. The van der Waals surface area contributed by atoms with E-state index in [9.17, 15) is 14.7 Å². The maximum Gasteiger partial charge on any atom is 0.231 e. The molecule has 1 aliphatic carbocycles. The van der Waals surface area contributed by atoms with Gasteiger partial charge in [-0.25, -0.2) is 0 Å². The highest BCUT2D eigenvalue weighted by molar-refractivity contribution is 6.30. The van der Waals surface area contributed by atoms with Crippen LogP contribution < -0.4 is 5.32 Å². The normalized spacial score (nSPS) is 27.7. The van der Waals surface area contributed by atoms with Crippen molar-refractivity contribution in [3.8, 4) is 0 Å². The van der Waals surface area contributed by atoms with Crippen LogP contribution in [0.2, 0.25) is 5.02 Å². The quantitative estimate of drug-likeness (QED) is 0.630. The van der Waals surface area contributed by atoms with Crippen molar-refractivity contribution in [3.63, 3.8) is 0 Å². The third kappa shape index (κ3) is 2.79. The van der Waals surface area contributed by atoms with Crippen LogP contribution in [0.15, 0.2) is 78.9 Å². The first-order valence-electron chi connectivity index (χ1n) is 9.97. The van der Waals surface area contributed by atoms with Crippen LogP contribution in [0.1, 0.15) is 33.8 Å². The fourth-order valence-corrected chi connectivity index (χ4v) is 5.35. The lowest BCUT2D eigenvalue weighted by Gasteiger charge is -2.36. The standard InChI is InChI=1S/C25H20ClNO3/c26-17-10-6-7-15(13-17)20-14-19-22(25(20,30)16-8-2-1-3-9-16)24(29)27-21-12-5-4-11-18(21)23(19)28/h1-13,19-20,22,30H,14H2,(H,27,29)/t19-,20+,22-,25-/m1/s1. The molecule has 5 heteroatoms. The van der Waals surface area contributed by atoms with Crippen LogP contribution >= 0.6 is 11.6 Å². The molecule has 5 rings (SSSR count). The van der Waals surface area contributed by atoms with Crippen LogP contribution in [-0.2, 0) is 10.4 Å². The molecular formula is C25H20ClNO3. The van der Waals surface area contributed by atoms with E-state index in [0.29, 0.717) is 28.3 Å². The molecule has 0 bridgehead atoms. The smallest absolute Gasteiger partial charge is 0.231 e. The lowest BCUT2D eigenvalue weighted by atomic mass is 9.74. The van der Waals surface area contributed by atoms with Gasteiger partial charge in [-0.1, -0.05) is 66.2 Å². The summed E-state index contributed by atoms with van der Waals surface area (Å²) in [5.41, 5.74) is 0.877. The molecule has 30 heavy (non-hydrogen) atoms. The summed E-state index contributed by atoms with van der Waals surface area (Å²) in [6, 6.07) is 23.5. The number of rotatable bonds is 2. The van der Waals surface area contributed by atoms with Crippen LogP contribution in [0.5, 0.6) is 0 Å². The Kier molecular flexibility index (Phi) is 4.49. The monoisotopic (exact) mass is 417 g/mol. The summed E-state index contributed by atoms with van der Waals surface area (Å²) >= 11 is 6.24. The molecular weight excluding hydrogens is 398 g/mol. The van der Waals surface area contributed by atoms with Gasteiger partial charge in [0, 0.05) is 22.4 Å². The van der Waals surface area contributed by atoms with Crippen molar-refractivity contribution in [2.24, 2.45) is 11.8 Å². The molecule has 1 fully saturated rings. The van der Waals surface area contributed by atoms with Gasteiger partial charge in [0.15, 0.2) is 5.78 Å². The fourth-order valence-electron chi connectivity index (χ4n) is 5.15. The molecule has 150 valence electrons. The van der Waals surface area contributed by atoms with E-state index in [-0.39, 0.29) is 11.7 Å². The van der Waals surface area contributed by atoms with Gasteiger partial charge in [-0.15, -0.1) is 0 Å². The molecule has 1 amide bonds. The summed E-state index contributed by atoms with van der Waals surface area (Å²) in [5.74, 6) is -2.46. The first kappa shape index (κ1) is 19.0. The SMILES string of the molecule is O=C1c2ccccc2NC(=O)[C@H]2[C@H]1C[C@@H](c1cccc(Cl)c1)[C@]2(O)c1ccccc1. The Labute approximate surface area is 179 Å². The molecule has 1 saturated carbocycles. The number of benzene rings is 3. The second-order valence-electron chi connectivity index (χ2n) is 8.02. The zero-order valence-corrected chi connectivity index (χ0v) is 16.8. The van der Waals surface area contributed by atoms with Gasteiger partial charge in [0.25, 0.3) is 0 Å². The highest BCUT2D eigenvalue weighted by Crippen LogP contribution is 2.57. The number of carbonyl (C=O) groups is 2. The second kappa shape index (κ2) is 7.08. The van der Waals surface area contributed by atoms with Crippen molar-refractivity contribution in [1.29, 1.82) is 0 Å². The third-order valence-electron chi connectivity index (χ3n) is 6.45. The molecule has 0 unspecified atom stereocenters. The summed E-state index contributed by atoms with van der Waals surface area (Å²) in [4.78, 5) is 26.9. The van der Waals surface area contributed by atoms with E-state index in [2.05, 4.69) is 5.32 Å². The van der Waals surface area contributed by atoms with Gasteiger partial charge in [-0.05, 0) is 41.8 Å². The number of nitrogens with one attached hydrogen (secondary N) is 1. The third-order valence-corrected chi connectivity index (χ3v) is 6.69. The van der Waals surface area contributed by atoms with Gasteiger partial charge in [-0.3, -0.25) is 9.59 Å². The van der Waals surface area contributed by atoms with Crippen molar-refractivity contribution >= 4 is 29.0 Å². The average molecular weight is 418 g/mol. The second-order valence-corrected chi connectivity index (χ2v) is 8.45. The molecule has 1 heterocycles. The van der Waals surface area contributed by atoms with Crippen LogP contribution in [0.4, 0.5) is 5.69 Å². The summed E-state index contributed by atoms with van der Waals surface area (Å²) < 4.78 is 0. The van der Waals surface area contributed by atoms with Crippen LogP contribution in [0, 0.1) is 11.8 Å². The first-order chi connectivity index (χ1) is 14.5. The number of amides is 1. The number of fused-ring (bicyclic) bond motifs is 2. The number of anilines is 1. The molecule has 2 aliphatic rings. The van der Waals surface area contributed by atoms with E-state index < -0.39 is 23.4 Å².